The first-order valence-electron chi connectivity index (χ1n) is 36.0. The third kappa shape index (κ3) is 11.7. The van der Waals surface area contributed by atoms with Crippen molar-refractivity contribution in [2.45, 2.75) is 0 Å². The minimum Gasteiger partial charge on any atom is -0.311 e. The van der Waals surface area contributed by atoms with Crippen LogP contribution in [0.2, 0.25) is 0 Å². The molecule has 16 aromatic carbocycles. The topological polar surface area (TPSA) is 56.7 Å². The average Bonchev–Trinajstić information content (AvgIpc) is 1.59. The smallest absolute Gasteiger partial charge is 0.164 e. The van der Waals surface area contributed by atoms with Crippen molar-refractivity contribution in [2.24, 2.45) is 0 Å². The minimum absolute atomic E-state index is 0.629. The Bertz CT molecular complexity index is 6430. The first kappa shape index (κ1) is 62.7. The second kappa shape index (κ2) is 27.3. The molecule has 0 amide bonds. The Kier molecular flexibility index (Phi) is 16.1. The van der Waals surface area contributed by atoms with Gasteiger partial charge in [-0.2, -0.15) is 0 Å². The fraction of sp³-hybridized carbons (Fsp3) is 0. The van der Waals surface area contributed by atoms with E-state index in [1.54, 1.807) is 0 Å². The molecule has 0 aliphatic heterocycles. The molecule has 7 nitrogen and oxygen atoms in total. The van der Waals surface area contributed by atoms with Crippen molar-refractivity contribution in [3.8, 4) is 95.7 Å². The van der Waals surface area contributed by atoms with E-state index in [0.717, 1.165) is 61.7 Å². The summed E-state index contributed by atoms with van der Waals surface area (Å²) in [5.41, 5.74) is 26.2. The maximum atomic E-state index is 5.03. The van der Waals surface area contributed by atoms with Crippen molar-refractivity contribution < 1.29 is 0 Å². The van der Waals surface area contributed by atoms with Gasteiger partial charge < -0.3 is 18.6 Å². The number of benzene rings is 16. The van der Waals surface area contributed by atoms with E-state index < -0.39 is 0 Å². The van der Waals surface area contributed by atoms with Crippen molar-refractivity contribution in [3.63, 3.8) is 0 Å². The van der Waals surface area contributed by atoms with Crippen LogP contribution in [0, 0.1) is 0 Å². The van der Waals surface area contributed by atoms with Crippen molar-refractivity contribution in [2.75, 3.05) is 4.90 Å². The standard InChI is InChI=1S/C51H33N5.C48H34N2/c1-4-15-34(16-5-1)49-52-50(35-17-6-2-7-18-35)54-51(53-49)38-19-14-22-40(31-38)56-45-25-12-10-23-41(45)43-29-27-37(33-48(43)56)36-28-30-47-44(32-36)42-24-11-13-26-46(42)55(47)39-20-8-3-9-21-39;1-4-12-35(13-5-1)37-20-27-42(28-21-37)49(43-29-22-38(23-30-43)36-14-6-2-7-15-36)44-31-24-39(25-32-44)40-26-33-48-46(34-40)45-18-10-11-19-47(45)50(48)41-16-8-3-9-17-41/h1-33H;1-34H. The van der Waals surface area contributed by atoms with E-state index in [1.165, 1.54) is 99.0 Å². The van der Waals surface area contributed by atoms with Gasteiger partial charge in [-0.15, -0.1) is 0 Å². The number of fused-ring (bicyclic) bond motifs is 9. The lowest BCUT2D eigenvalue weighted by Crippen LogP contribution is -2.09. The van der Waals surface area contributed by atoms with Crippen LogP contribution >= 0.6 is 0 Å². The van der Waals surface area contributed by atoms with Gasteiger partial charge in [-0.1, -0.05) is 285 Å². The lowest BCUT2D eigenvalue weighted by atomic mass is 10.0. The van der Waals surface area contributed by atoms with Crippen LogP contribution in [-0.2, 0) is 0 Å². The Morgan fingerprint density at radius 1 is 0.160 bits per heavy atom. The van der Waals surface area contributed by atoms with Gasteiger partial charge in [-0.05, 0) is 166 Å². The predicted molar refractivity (Wildman–Crippen MR) is 442 cm³/mol. The molecular formula is C99H67N7. The molecule has 0 bridgehead atoms. The molecule has 20 rings (SSSR count). The highest BCUT2D eigenvalue weighted by Gasteiger charge is 2.21. The van der Waals surface area contributed by atoms with Gasteiger partial charge in [0.1, 0.15) is 0 Å². The molecule has 0 saturated heterocycles. The molecular weight excluding hydrogens is 1290 g/mol. The van der Waals surface area contributed by atoms with Crippen LogP contribution in [-0.4, -0.2) is 28.7 Å². The second-order valence-corrected chi connectivity index (χ2v) is 26.7. The first-order valence-corrected chi connectivity index (χ1v) is 36.0. The molecule has 0 saturated carbocycles. The highest BCUT2D eigenvalue weighted by molar-refractivity contribution is 6.13. The molecule has 0 aliphatic carbocycles. The van der Waals surface area contributed by atoms with Crippen LogP contribution in [0.25, 0.3) is 161 Å². The number of aromatic nitrogens is 6. The van der Waals surface area contributed by atoms with Gasteiger partial charge in [0, 0.05) is 83.1 Å². The summed E-state index contributed by atoms with van der Waals surface area (Å²) in [5, 5.41) is 7.40. The number of anilines is 3. The van der Waals surface area contributed by atoms with E-state index in [1.807, 2.05) is 60.7 Å². The monoisotopic (exact) mass is 1350 g/mol. The summed E-state index contributed by atoms with van der Waals surface area (Å²) in [5.74, 6) is 1.92. The molecule has 0 atom stereocenters. The fourth-order valence-corrected chi connectivity index (χ4v) is 15.3. The highest BCUT2D eigenvalue weighted by Crippen LogP contribution is 2.43. The molecule has 0 radical (unpaired) electrons. The van der Waals surface area contributed by atoms with Gasteiger partial charge in [-0.25, -0.2) is 15.0 Å². The Morgan fingerprint density at radius 2 is 0.434 bits per heavy atom. The zero-order chi connectivity index (χ0) is 70.3. The zero-order valence-electron chi connectivity index (χ0n) is 57.8. The Balaban J connectivity index is 0.000000146. The third-order valence-electron chi connectivity index (χ3n) is 20.4. The van der Waals surface area contributed by atoms with Crippen LogP contribution in [0.3, 0.4) is 0 Å². The molecule has 0 fully saturated rings. The van der Waals surface area contributed by atoms with Gasteiger partial charge in [-0.3, -0.25) is 0 Å². The quantitative estimate of drug-likeness (QED) is 0.115. The van der Waals surface area contributed by atoms with Crippen LogP contribution < -0.4 is 4.90 Å². The Labute approximate surface area is 614 Å². The Morgan fingerprint density at radius 3 is 0.868 bits per heavy atom. The first-order chi connectivity index (χ1) is 52.6. The number of rotatable bonds is 13. The van der Waals surface area contributed by atoms with Crippen molar-refractivity contribution >= 4 is 82.5 Å². The Hall–Kier alpha value is -14.3. The number of nitrogens with zero attached hydrogens (tertiary/aromatic N) is 7. The highest BCUT2D eigenvalue weighted by atomic mass is 15.1. The lowest BCUT2D eigenvalue weighted by Gasteiger charge is -2.26. The van der Waals surface area contributed by atoms with Gasteiger partial charge in [0.2, 0.25) is 0 Å². The van der Waals surface area contributed by atoms with E-state index in [9.17, 15) is 0 Å². The molecule has 0 spiro atoms. The molecule has 4 heterocycles. The molecule has 20 aromatic rings. The van der Waals surface area contributed by atoms with E-state index in [0.29, 0.717) is 17.5 Å². The fourth-order valence-electron chi connectivity index (χ4n) is 15.3. The summed E-state index contributed by atoms with van der Waals surface area (Å²) in [6, 6.07) is 144. The van der Waals surface area contributed by atoms with Crippen LogP contribution in [0.1, 0.15) is 0 Å². The molecule has 498 valence electrons. The molecule has 0 aliphatic rings. The minimum atomic E-state index is 0.629. The summed E-state index contributed by atoms with van der Waals surface area (Å²) in [4.78, 5) is 17.3. The van der Waals surface area contributed by atoms with E-state index in [-0.39, 0.29) is 0 Å². The molecule has 4 aromatic heterocycles. The average molecular weight is 1350 g/mol. The predicted octanol–water partition coefficient (Wildman–Crippen LogP) is 26.0. The van der Waals surface area contributed by atoms with Gasteiger partial charge in [0.25, 0.3) is 0 Å². The maximum absolute atomic E-state index is 5.03. The van der Waals surface area contributed by atoms with Gasteiger partial charge >= 0.3 is 0 Å². The van der Waals surface area contributed by atoms with Crippen molar-refractivity contribution in [3.05, 3.63) is 406 Å². The molecule has 0 unspecified atom stereocenters. The summed E-state index contributed by atoms with van der Waals surface area (Å²) >= 11 is 0. The van der Waals surface area contributed by atoms with E-state index in [2.05, 4.69) is 364 Å². The van der Waals surface area contributed by atoms with Gasteiger partial charge in [0.15, 0.2) is 17.5 Å². The van der Waals surface area contributed by atoms with E-state index in [4.69, 9.17) is 15.0 Å². The van der Waals surface area contributed by atoms with Crippen LogP contribution in [0.5, 0.6) is 0 Å². The molecule has 0 N–H and O–H groups in total. The summed E-state index contributed by atoms with van der Waals surface area (Å²) in [6.45, 7) is 0. The summed E-state index contributed by atoms with van der Waals surface area (Å²) < 4.78 is 7.09. The largest absolute Gasteiger partial charge is 0.311 e. The number of hydrogen-bond donors (Lipinski definition) is 0. The molecule has 106 heavy (non-hydrogen) atoms. The van der Waals surface area contributed by atoms with E-state index >= 15 is 0 Å². The number of hydrogen-bond acceptors (Lipinski definition) is 4. The third-order valence-corrected chi connectivity index (χ3v) is 20.4. The number of para-hydroxylation sites is 5. The van der Waals surface area contributed by atoms with Gasteiger partial charge in [0.05, 0.1) is 33.1 Å². The van der Waals surface area contributed by atoms with Crippen LogP contribution in [0.15, 0.2) is 406 Å². The lowest BCUT2D eigenvalue weighted by molar-refractivity contribution is 1.07. The van der Waals surface area contributed by atoms with Crippen LogP contribution in [0.4, 0.5) is 17.1 Å². The maximum Gasteiger partial charge on any atom is 0.164 e. The summed E-state index contributed by atoms with van der Waals surface area (Å²) in [6.07, 6.45) is 0. The second-order valence-electron chi connectivity index (χ2n) is 26.7. The molecule has 7 heteroatoms. The SMILES string of the molecule is c1ccc(-c2ccc(N(c3ccc(-c4ccccc4)cc3)c3ccc(-c4ccc5c(c4)c4ccccc4n5-c4ccccc4)cc3)cc2)cc1.c1ccc(-c2nc(-c3ccccc3)nc(-c3cccc(-n4c5ccccc5c5ccc(-c6ccc7c(c6)c6ccccc6n7-c6ccccc6)cc54)c3)n2)cc1. The zero-order valence-corrected chi connectivity index (χ0v) is 57.8. The normalized spacial score (nSPS) is 11.4. The summed E-state index contributed by atoms with van der Waals surface area (Å²) in [7, 11) is 0. The van der Waals surface area contributed by atoms with Crippen molar-refractivity contribution in [1.82, 2.24) is 28.7 Å². The van der Waals surface area contributed by atoms with Crippen molar-refractivity contribution in [1.29, 1.82) is 0 Å².